The van der Waals surface area contributed by atoms with Gasteiger partial charge in [0.1, 0.15) is 0 Å². The highest BCUT2D eigenvalue weighted by atomic mass is 16.5. The lowest BCUT2D eigenvalue weighted by Crippen LogP contribution is -2.40. The van der Waals surface area contributed by atoms with E-state index in [2.05, 4.69) is 17.0 Å². The van der Waals surface area contributed by atoms with Gasteiger partial charge in [-0.05, 0) is 70.0 Å². The molecule has 0 saturated heterocycles. The molecule has 0 N–H and O–H groups in total. The number of esters is 1. The average molecular weight is 455 g/mol. The van der Waals surface area contributed by atoms with Gasteiger partial charge in [-0.15, -0.1) is 0 Å². The Kier molecular flexibility index (Phi) is 8.67. The fraction of sp³-hybridized carbons (Fsp3) is 0.577. The second-order valence-electron chi connectivity index (χ2n) is 9.18. The molecule has 7 nitrogen and oxygen atoms in total. The third-order valence-electron chi connectivity index (χ3n) is 6.94. The predicted molar refractivity (Wildman–Crippen MR) is 130 cm³/mol. The molecular weight excluding hydrogens is 416 g/mol. The fourth-order valence-corrected chi connectivity index (χ4v) is 4.70. The summed E-state index contributed by atoms with van der Waals surface area (Å²) in [7, 11) is 5.46. The summed E-state index contributed by atoms with van der Waals surface area (Å²) in [6, 6.07) is 8.24. The Balaban J connectivity index is 1.61. The molecule has 1 saturated carbocycles. The van der Waals surface area contributed by atoms with Crippen molar-refractivity contribution >= 4 is 11.9 Å². The van der Waals surface area contributed by atoms with Crippen molar-refractivity contribution in [1.82, 2.24) is 19.6 Å². The predicted octanol–water partition coefficient (Wildman–Crippen LogP) is 3.93. The first-order valence-corrected chi connectivity index (χ1v) is 12.0. The Labute approximate surface area is 197 Å². The van der Waals surface area contributed by atoms with Crippen molar-refractivity contribution in [3.05, 3.63) is 46.8 Å². The molecule has 1 aromatic heterocycles. The number of methoxy groups -OCH3 is 1. The Morgan fingerprint density at radius 1 is 1.06 bits per heavy atom. The van der Waals surface area contributed by atoms with Gasteiger partial charge in [0.2, 0.25) is 0 Å². The highest BCUT2D eigenvalue weighted by Gasteiger charge is 2.20. The molecule has 1 aliphatic rings. The zero-order chi connectivity index (χ0) is 24.0. The van der Waals surface area contributed by atoms with E-state index in [1.54, 1.807) is 0 Å². The van der Waals surface area contributed by atoms with Crippen LogP contribution < -0.4 is 0 Å². The fourth-order valence-electron chi connectivity index (χ4n) is 4.70. The first-order chi connectivity index (χ1) is 15.8. The van der Waals surface area contributed by atoms with Gasteiger partial charge in [-0.3, -0.25) is 9.59 Å². The van der Waals surface area contributed by atoms with Crippen molar-refractivity contribution in [2.75, 3.05) is 34.3 Å². The Hall–Kier alpha value is -2.67. The number of carbonyl (C=O) groups is 2. The van der Waals surface area contributed by atoms with E-state index in [-0.39, 0.29) is 11.9 Å². The van der Waals surface area contributed by atoms with Crippen molar-refractivity contribution in [3.8, 4) is 5.69 Å². The molecule has 0 radical (unpaired) electrons. The Morgan fingerprint density at radius 3 is 2.36 bits per heavy atom. The van der Waals surface area contributed by atoms with Gasteiger partial charge in [0.15, 0.2) is 0 Å². The maximum absolute atomic E-state index is 12.9. The number of hydrogen-bond acceptors (Lipinski definition) is 5. The third-order valence-corrected chi connectivity index (χ3v) is 6.94. The minimum absolute atomic E-state index is 0.0331. The molecule has 3 rings (SSSR count). The van der Waals surface area contributed by atoms with Gasteiger partial charge in [0, 0.05) is 43.9 Å². The molecule has 1 fully saturated rings. The normalized spacial score (nSPS) is 14.5. The van der Waals surface area contributed by atoms with E-state index in [9.17, 15) is 9.59 Å². The molecule has 33 heavy (non-hydrogen) atoms. The lowest BCUT2D eigenvalue weighted by Gasteiger charge is -2.32. The summed E-state index contributed by atoms with van der Waals surface area (Å²) in [5.74, 6) is -0.191. The summed E-state index contributed by atoms with van der Waals surface area (Å²) in [4.78, 5) is 28.7. The smallest absolute Gasteiger partial charge is 0.305 e. The molecular formula is C26H38N4O3. The number of hydrogen-bond donors (Lipinski definition) is 0. The van der Waals surface area contributed by atoms with Crippen molar-refractivity contribution in [2.24, 2.45) is 0 Å². The quantitative estimate of drug-likeness (QED) is 0.537. The lowest BCUT2D eigenvalue weighted by atomic mass is 9.94. The molecule has 180 valence electrons. The topological polar surface area (TPSA) is 67.7 Å². The van der Waals surface area contributed by atoms with Gasteiger partial charge in [-0.1, -0.05) is 19.3 Å². The standard InChI is InChI=1S/C26H38N4O3/c1-19-24(15-16-25(31)33-5)20(2)30(27-19)23-13-11-21(12-14-23)26(32)29(4)18-17-28(3)22-9-7-6-8-10-22/h11-14,22H,6-10,15-18H2,1-5H3. The number of ether oxygens (including phenoxy) is 1. The molecule has 1 amide bonds. The van der Waals surface area contributed by atoms with Crippen LogP contribution in [0.2, 0.25) is 0 Å². The maximum Gasteiger partial charge on any atom is 0.305 e. The summed E-state index contributed by atoms with van der Waals surface area (Å²) >= 11 is 0. The van der Waals surface area contributed by atoms with Crippen LogP contribution >= 0.6 is 0 Å². The maximum atomic E-state index is 12.9. The first-order valence-electron chi connectivity index (χ1n) is 12.0. The number of rotatable bonds is 9. The number of carbonyl (C=O) groups excluding carboxylic acids is 2. The molecule has 1 aliphatic carbocycles. The molecule has 0 spiro atoms. The number of aromatic nitrogens is 2. The molecule has 2 aromatic rings. The van der Waals surface area contributed by atoms with Crippen LogP contribution in [0.3, 0.4) is 0 Å². The molecule has 1 aromatic carbocycles. The minimum Gasteiger partial charge on any atom is -0.469 e. The highest BCUT2D eigenvalue weighted by Crippen LogP contribution is 2.22. The zero-order valence-electron chi connectivity index (χ0n) is 20.8. The van der Waals surface area contributed by atoms with Gasteiger partial charge in [-0.25, -0.2) is 4.68 Å². The summed E-state index contributed by atoms with van der Waals surface area (Å²) in [5.41, 5.74) is 4.53. The van der Waals surface area contributed by atoms with Gasteiger partial charge in [-0.2, -0.15) is 5.10 Å². The number of nitrogens with zero attached hydrogens (tertiary/aromatic N) is 4. The van der Waals surface area contributed by atoms with Crippen molar-refractivity contribution in [1.29, 1.82) is 0 Å². The third kappa shape index (κ3) is 6.22. The molecule has 0 unspecified atom stereocenters. The lowest BCUT2D eigenvalue weighted by molar-refractivity contribution is -0.140. The van der Waals surface area contributed by atoms with Gasteiger partial charge in [0.25, 0.3) is 5.91 Å². The minimum atomic E-state index is -0.224. The van der Waals surface area contributed by atoms with Crippen LogP contribution in [0.4, 0.5) is 0 Å². The van der Waals surface area contributed by atoms with E-state index in [0.29, 0.717) is 31.0 Å². The van der Waals surface area contributed by atoms with Gasteiger partial charge < -0.3 is 14.5 Å². The van der Waals surface area contributed by atoms with Gasteiger partial charge in [0.05, 0.1) is 18.5 Å². The molecule has 0 atom stereocenters. The van der Waals surface area contributed by atoms with E-state index in [1.807, 2.05) is 54.7 Å². The summed E-state index contributed by atoms with van der Waals surface area (Å²) in [6.07, 6.45) is 7.46. The highest BCUT2D eigenvalue weighted by molar-refractivity contribution is 5.94. The first kappa shape index (κ1) is 25.0. The number of benzene rings is 1. The summed E-state index contributed by atoms with van der Waals surface area (Å²) in [6.45, 7) is 5.56. The number of aryl methyl sites for hydroxylation is 1. The van der Waals surface area contributed by atoms with Crippen LogP contribution in [0.15, 0.2) is 24.3 Å². The molecule has 0 bridgehead atoms. The van der Waals surface area contributed by atoms with E-state index >= 15 is 0 Å². The number of amides is 1. The van der Waals surface area contributed by atoms with Crippen LogP contribution in [0.5, 0.6) is 0 Å². The monoisotopic (exact) mass is 454 g/mol. The Bertz CT molecular complexity index is 945. The molecule has 0 aliphatic heterocycles. The average Bonchev–Trinajstić information content (AvgIpc) is 3.13. The molecule has 1 heterocycles. The van der Waals surface area contributed by atoms with E-state index < -0.39 is 0 Å². The molecule has 7 heteroatoms. The zero-order valence-corrected chi connectivity index (χ0v) is 20.8. The largest absolute Gasteiger partial charge is 0.469 e. The second-order valence-corrected chi connectivity index (χ2v) is 9.18. The SMILES string of the molecule is COC(=O)CCc1c(C)nn(-c2ccc(C(=O)N(C)CCN(C)C3CCCCC3)cc2)c1C. The van der Waals surface area contributed by atoms with Crippen molar-refractivity contribution < 1.29 is 14.3 Å². The number of likely N-dealkylation sites (N-methyl/N-ethyl adjacent to an activating group) is 2. The van der Waals surface area contributed by atoms with Crippen LogP contribution in [-0.4, -0.2) is 71.8 Å². The van der Waals surface area contributed by atoms with Gasteiger partial charge >= 0.3 is 5.97 Å². The van der Waals surface area contributed by atoms with Crippen LogP contribution in [0.25, 0.3) is 5.69 Å². The summed E-state index contributed by atoms with van der Waals surface area (Å²) < 4.78 is 6.63. The van der Waals surface area contributed by atoms with E-state index in [1.165, 1.54) is 39.2 Å². The van der Waals surface area contributed by atoms with Crippen LogP contribution in [0.1, 0.15) is 65.8 Å². The second kappa shape index (κ2) is 11.5. The van der Waals surface area contributed by atoms with Crippen molar-refractivity contribution in [2.45, 2.75) is 64.8 Å². The van der Waals surface area contributed by atoms with E-state index in [4.69, 9.17) is 4.74 Å². The van der Waals surface area contributed by atoms with Crippen LogP contribution in [-0.2, 0) is 16.0 Å². The Morgan fingerprint density at radius 2 is 1.73 bits per heavy atom. The van der Waals surface area contributed by atoms with Crippen molar-refractivity contribution in [3.63, 3.8) is 0 Å². The van der Waals surface area contributed by atoms with E-state index in [0.717, 1.165) is 29.2 Å². The summed E-state index contributed by atoms with van der Waals surface area (Å²) in [5, 5.41) is 4.65. The van der Waals surface area contributed by atoms with Crippen LogP contribution in [0, 0.1) is 13.8 Å².